The lowest BCUT2D eigenvalue weighted by Crippen LogP contribution is -2.55. The Hall–Kier alpha value is -3.27. The molecule has 3 N–H and O–H groups in total. The standard InChI is InChI=1S/C27H33N3O/c1-5-28-19-25(26(31)30-27(4)16-20(2)17-27)21(3)29-18-24-13-11-23(12-14-24)15-22-9-7-6-8-10-22/h5-14,19-20,28-29H,1,3,15-18H2,2,4H3,(H,30,31)/b25-19-. The van der Waals surface area contributed by atoms with E-state index in [1.54, 1.807) is 12.4 Å². The van der Waals surface area contributed by atoms with Crippen LogP contribution >= 0.6 is 0 Å². The largest absolute Gasteiger partial charge is 0.381 e. The zero-order valence-electron chi connectivity index (χ0n) is 18.6. The SMILES string of the molecule is C=CN/C=C(/C(=C)NCc1ccc(Cc2ccccc2)cc1)C(=O)NC1(C)CC(C)C1. The highest BCUT2D eigenvalue weighted by Gasteiger charge is 2.39. The second kappa shape index (κ2) is 10.2. The summed E-state index contributed by atoms with van der Waals surface area (Å²) in [5.74, 6) is 0.523. The van der Waals surface area contributed by atoms with Crippen LogP contribution in [0.3, 0.4) is 0 Å². The van der Waals surface area contributed by atoms with Crippen LogP contribution in [0.4, 0.5) is 0 Å². The molecule has 162 valence electrons. The van der Waals surface area contributed by atoms with Crippen molar-refractivity contribution in [2.45, 2.75) is 45.2 Å². The average molecular weight is 416 g/mol. The van der Waals surface area contributed by atoms with E-state index < -0.39 is 0 Å². The molecular formula is C27H33N3O. The van der Waals surface area contributed by atoms with Gasteiger partial charge in [-0.05, 0) is 55.0 Å². The number of benzene rings is 2. The van der Waals surface area contributed by atoms with Gasteiger partial charge in [-0.2, -0.15) is 0 Å². The van der Waals surface area contributed by atoms with Crippen molar-refractivity contribution in [1.82, 2.24) is 16.0 Å². The third-order valence-corrected chi connectivity index (χ3v) is 5.71. The van der Waals surface area contributed by atoms with E-state index in [9.17, 15) is 4.79 Å². The molecule has 0 radical (unpaired) electrons. The number of hydrogen-bond donors (Lipinski definition) is 3. The van der Waals surface area contributed by atoms with Crippen molar-refractivity contribution in [1.29, 1.82) is 0 Å². The molecule has 0 heterocycles. The van der Waals surface area contributed by atoms with Crippen LogP contribution < -0.4 is 16.0 Å². The van der Waals surface area contributed by atoms with E-state index in [1.165, 1.54) is 11.1 Å². The third kappa shape index (κ3) is 6.35. The summed E-state index contributed by atoms with van der Waals surface area (Å²) in [6.45, 7) is 12.6. The molecule has 2 aromatic rings. The van der Waals surface area contributed by atoms with Gasteiger partial charge < -0.3 is 16.0 Å². The average Bonchev–Trinajstić information content (AvgIpc) is 2.73. The molecule has 3 rings (SSSR count). The minimum atomic E-state index is -0.140. The van der Waals surface area contributed by atoms with Crippen LogP contribution in [0.15, 0.2) is 91.4 Å². The third-order valence-electron chi connectivity index (χ3n) is 5.71. The molecule has 0 unspecified atom stereocenters. The zero-order valence-corrected chi connectivity index (χ0v) is 18.6. The molecule has 4 heteroatoms. The summed E-state index contributed by atoms with van der Waals surface area (Å²) >= 11 is 0. The molecule has 1 amide bonds. The van der Waals surface area contributed by atoms with Crippen LogP contribution in [0.2, 0.25) is 0 Å². The molecule has 4 nitrogen and oxygen atoms in total. The predicted molar refractivity (Wildman–Crippen MR) is 128 cm³/mol. The van der Waals surface area contributed by atoms with Crippen molar-refractivity contribution in [3.05, 3.63) is 108 Å². The van der Waals surface area contributed by atoms with E-state index in [4.69, 9.17) is 0 Å². The number of rotatable bonds is 10. The van der Waals surface area contributed by atoms with Gasteiger partial charge in [0.25, 0.3) is 5.91 Å². The van der Waals surface area contributed by atoms with E-state index >= 15 is 0 Å². The van der Waals surface area contributed by atoms with Crippen molar-refractivity contribution in [2.24, 2.45) is 5.92 Å². The monoisotopic (exact) mass is 415 g/mol. The number of hydrogen-bond acceptors (Lipinski definition) is 3. The van der Waals surface area contributed by atoms with Gasteiger partial charge in [0.05, 0.1) is 5.57 Å². The molecule has 1 aliphatic carbocycles. The first kappa shape index (κ1) is 22.4. The van der Waals surface area contributed by atoms with Crippen molar-refractivity contribution >= 4 is 5.91 Å². The minimum Gasteiger partial charge on any atom is -0.381 e. The maximum absolute atomic E-state index is 12.9. The van der Waals surface area contributed by atoms with Gasteiger partial charge in [-0.25, -0.2) is 0 Å². The normalized spacial score (nSPS) is 20.3. The van der Waals surface area contributed by atoms with Crippen LogP contribution in [0, 0.1) is 5.92 Å². The summed E-state index contributed by atoms with van der Waals surface area (Å²) < 4.78 is 0. The van der Waals surface area contributed by atoms with Crippen molar-refractivity contribution < 1.29 is 4.79 Å². The Morgan fingerprint density at radius 2 is 1.68 bits per heavy atom. The summed E-state index contributed by atoms with van der Waals surface area (Å²) in [5.41, 5.74) is 4.63. The Balaban J connectivity index is 1.57. The van der Waals surface area contributed by atoms with Gasteiger partial charge in [0, 0.05) is 24.0 Å². The second-order valence-electron chi connectivity index (χ2n) is 8.77. The Bertz CT molecular complexity index is 938. The van der Waals surface area contributed by atoms with Crippen molar-refractivity contribution in [3.63, 3.8) is 0 Å². The highest BCUT2D eigenvalue weighted by Crippen LogP contribution is 2.37. The number of carbonyl (C=O) groups is 1. The topological polar surface area (TPSA) is 53.2 Å². The van der Waals surface area contributed by atoms with E-state index in [2.05, 4.69) is 91.5 Å². The number of carbonyl (C=O) groups excluding carboxylic acids is 1. The highest BCUT2D eigenvalue weighted by atomic mass is 16.1. The van der Waals surface area contributed by atoms with Crippen LogP contribution in [0.1, 0.15) is 43.4 Å². The lowest BCUT2D eigenvalue weighted by molar-refractivity contribution is -0.120. The first-order valence-electron chi connectivity index (χ1n) is 10.8. The molecule has 0 spiro atoms. The van der Waals surface area contributed by atoms with E-state index in [-0.39, 0.29) is 11.4 Å². The Morgan fingerprint density at radius 3 is 2.29 bits per heavy atom. The Morgan fingerprint density at radius 1 is 1.06 bits per heavy atom. The summed E-state index contributed by atoms with van der Waals surface area (Å²) in [5, 5.41) is 9.36. The molecule has 0 aromatic heterocycles. The summed E-state index contributed by atoms with van der Waals surface area (Å²) in [4.78, 5) is 12.9. The van der Waals surface area contributed by atoms with E-state index in [0.29, 0.717) is 23.7 Å². The first-order chi connectivity index (χ1) is 14.9. The lowest BCUT2D eigenvalue weighted by atomic mass is 9.70. The fourth-order valence-electron chi connectivity index (χ4n) is 4.26. The molecular weight excluding hydrogens is 382 g/mol. The van der Waals surface area contributed by atoms with Crippen LogP contribution in [-0.2, 0) is 17.8 Å². The van der Waals surface area contributed by atoms with Crippen LogP contribution in [0.5, 0.6) is 0 Å². The molecule has 0 bridgehead atoms. The quantitative estimate of drug-likeness (QED) is 0.386. The van der Waals surface area contributed by atoms with E-state index in [1.807, 2.05) is 6.07 Å². The molecule has 0 saturated heterocycles. The van der Waals surface area contributed by atoms with Gasteiger partial charge in [-0.1, -0.05) is 74.7 Å². The van der Waals surface area contributed by atoms with Gasteiger partial charge in [0.1, 0.15) is 0 Å². The molecule has 1 aliphatic rings. The summed E-state index contributed by atoms with van der Waals surface area (Å²) in [6.07, 6.45) is 6.09. The maximum atomic E-state index is 12.9. The molecule has 2 aromatic carbocycles. The molecule has 0 aliphatic heterocycles. The Kier molecular flexibility index (Phi) is 7.35. The van der Waals surface area contributed by atoms with Gasteiger partial charge >= 0.3 is 0 Å². The van der Waals surface area contributed by atoms with E-state index in [0.717, 1.165) is 24.8 Å². The molecule has 31 heavy (non-hydrogen) atoms. The molecule has 1 fully saturated rings. The minimum absolute atomic E-state index is 0.126. The van der Waals surface area contributed by atoms with Gasteiger partial charge in [0.2, 0.25) is 0 Å². The second-order valence-corrected chi connectivity index (χ2v) is 8.77. The molecule has 0 atom stereocenters. The first-order valence-corrected chi connectivity index (χ1v) is 10.8. The lowest BCUT2D eigenvalue weighted by Gasteiger charge is -2.44. The number of nitrogens with one attached hydrogen (secondary N) is 3. The molecule has 1 saturated carbocycles. The summed E-state index contributed by atoms with van der Waals surface area (Å²) in [6, 6.07) is 19.0. The maximum Gasteiger partial charge on any atom is 0.255 e. The number of amides is 1. The predicted octanol–water partition coefficient (Wildman–Crippen LogP) is 4.80. The Labute approximate surface area is 186 Å². The fourth-order valence-corrected chi connectivity index (χ4v) is 4.26. The van der Waals surface area contributed by atoms with Crippen LogP contribution in [0.25, 0.3) is 0 Å². The van der Waals surface area contributed by atoms with Gasteiger partial charge in [0.15, 0.2) is 0 Å². The fraction of sp³-hybridized carbons (Fsp3) is 0.296. The van der Waals surface area contributed by atoms with Gasteiger partial charge in [-0.3, -0.25) is 4.79 Å². The smallest absolute Gasteiger partial charge is 0.255 e. The van der Waals surface area contributed by atoms with Crippen molar-refractivity contribution in [3.8, 4) is 0 Å². The van der Waals surface area contributed by atoms with Crippen LogP contribution in [-0.4, -0.2) is 11.4 Å². The zero-order chi connectivity index (χ0) is 22.3. The highest BCUT2D eigenvalue weighted by molar-refractivity contribution is 5.97. The summed E-state index contributed by atoms with van der Waals surface area (Å²) in [7, 11) is 0. The van der Waals surface area contributed by atoms with Crippen molar-refractivity contribution in [2.75, 3.05) is 0 Å². The van der Waals surface area contributed by atoms with Gasteiger partial charge in [-0.15, -0.1) is 0 Å².